The molecule has 0 spiro atoms. The van der Waals surface area contributed by atoms with Crippen LogP contribution in [0.15, 0.2) is 0 Å². The van der Waals surface area contributed by atoms with E-state index in [1.165, 1.54) is 0 Å². The molecule has 1 amide bonds. The Morgan fingerprint density at radius 2 is 2.00 bits per heavy atom. The normalized spacial score (nSPS) is 19.2. The summed E-state index contributed by atoms with van der Waals surface area (Å²) >= 11 is 0. The molecule has 1 atom stereocenters. The number of rotatable bonds is 6. The molecule has 1 aliphatic carbocycles. The zero-order valence-electron chi connectivity index (χ0n) is 9.82. The highest BCUT2D eigenvalue weighted by atomic mass is 16.4. The second-order valence-corrected chi connectivity index (χ2v) is 4.89. The van der Waals surface area contributed by atoms with Crippen LogP contribution in [0, 0.1) is 17.3 Å². The molecule has 92 valence electrons. The van der Waals surface area contributed by atoms with Crippen molar-refractivity contribution in [3.63, 3.8) is 0 Å². The number of carbonyl (C=O) groups excluding carboxylic acids is 1. The van der Waals surface area contributed by atoms with Gasteiger partial charge in [0.15, 0.2) is 0 Å². The quantitative estimate of drug-likeness (QED) is 0.605. The molecule has 0 radical (unpaired) electrons. The predicted octanol–water partition coefficient (Wildman–Crippen LogP) is 0.198. The van der Waals surface area contributed by atoms with Gasteiger partial charge >= 0.3 is 5.97 Å². The fourth-order valence-corrected chi connectivity index (χ4v) is 1.69. The van der Waals surface area contributed by atoms with Gasteiger partial charge in [0.05, 0.1) is 11.3 Å². The zero-order chi connectivity index (χ0) is 12.3. The fourth-order valence-electron chi connectivity index (χ4n) is 1.69. The highest BCUT2D eigenvalue weighted by Crippen LogP contribution is 2.45. The van der Waals surface area contributed by atoms with E-state index in [4.69, 9.17) is 10.8 Å². The summed E-state index contributed by atoms with van der Waals surface area (Å²) in [6, 6.07) is 0. The summed E-state index contributed by atoms with van der Waals surface area (Å²) in [5.41, 5.74) is 4.81. The SMILES string of the molecule is CC(C)C(CN)C(=O)NCC1(C(=O)O)CC1. The van der Waals surface area contributed by atoms with Crippen LogP contribution in [0.2, 0.25) is 0 Å². The first-order chi connectivity index (χ1) is 7.43. The minimum atomic E-state index is -0.818. The molecule has 0 bridgehead atoms. The van der Waals surface area contributed by atoms with Crippen molar-refractivity contribution in [3.8, 4) is 0 Å². The van der Waals surface area contributed by atoms with E-state index in [2.05, 4.69) is 5.32 Å². The summed E-state index contributed by atoms with van der Waals surface area (Å²) in [5, 5.41) is 11.6. The summed E-state index contributed by atoms with van der Waals surface area (Å²) < 4.78 is 0. The average Bonchev–Trinajstić information content (AvgIpc) is 2.96. The van der Waals surface area contributed by atoms with Crippen LogP contribution < -0.4 is 11.1 Å². The molecular formula is C11H20N2O3. The van der Waals surface area contributed by atoms with Crippen LogP contribution in [0.3, 0.4) is 0 Å². The molecule has 0 aromatic rings. The Kier molecular flexibility index (Phi) is 3.91. The maximum atomic E-state index is 11.7. The predicted molar refractivity (Wildman–Crippen MR) is 59.7 cm³/mol. The molecule has 0 aliphatic heterocycles. The van der Waals surface area contributed by atoms with Gasteiger partial charge in [-0.05, 0) is 18.8 Å². The number of nitrogens with one attached hydrogen (secondary N) is 1. The third kappa shape index (κ3) is 2.72. The Labute approximate surface area is 95.4 Å². The summed E-state index contributed by atoms with van der Waals surface area (Å²) in [4.78, 5) is 22.6. The molecule has 1 unspecified atom stereocenters. The Morgan fingerprint density at radius 3 is 2.31 bits per heavy atom. The zero-order valence-corrected chi connectivity index (χ0v) is 9.82. The van der Waals surface area contributed by atoms with Gasteiger partial charge in [-0.3, -0.25) is 9.59 Å². The van der Waals surface area contributed by atoms with Crippen molar-refractivity contribution in [2.45, 2.75) is 26.7 Å². The molecule has 4 N–H and O–H groups in total. The van der Waals surface area contributed by atoms with Gasteiger partial charge < -0.3 is 16.2 Å². The first kappa shape index (κ1) is 13.0. The number of aliphatic carboxylic acids is 1. The van der Waals surface area contributed by atoms with Crippen LogP contribution in [0.1, 0.15) is 26.7 Å². The number of hydrogen-bond donors (Lipinski definition) is 3. The van der Waals surface area contributed by atoms with Gasteiger partial charge in [0.1, 0.15) is 0 Å². The molecule has 0 aromatic heterocycles. The molecule has 1 fully saturated rings. The van der Waals surface area contributed by atoms with Crippen molar-refractivity contribution in [1.29, 1.82) is 0 Å². The van der Waals surface area contributed by atoms with Gasteiger partial charge in [-0.15, -0.1) is 0 Å². The number of hydrogen-bond acceptors (Lipinski definition) is 3. The molecule has 16 heavy (non-hydrogen) atoms. The van der Waals surface area contributed by atoms with E-state index in [1.807, 2.05) is 13.8 Å². The lowest BCUT2D eigenvalue weighted by Gasteiger charge is -2.19. The van der Waals surface area contributed by atoms with E-state index < -0.39 is 11.4 Å². The molecule has 0 aromatic carbocycles. The highest BCUT2D eigenvalue weighted by molar-refractivity contribution is 5.82. The molecule has 5 heteroatoms. The van der Waals surface area contributed by atoms with Crippen molar-refractivity contribution in [3.05, 3.63) is 0 Å². The minimum Gasteiger partial charge on any atom is -0.481 e. The summed E-state index contributed by atoms with van der Waals surface area (Å²) in [6.45, 7) is 4.39. The molecule has 0 heterocycles. The summed E-state index contributed by atoms with van der Waals surface area (Å²) in [7, 11) is 0. The number of amides is 1. The highest BCUT2D eigenvalue weighted by Gasteiger charge is 2.50. The topological polar surface area (TPSA) is 92.4 Å². The number of carboxylic acid groups (broad SMARTS) is 1. The minimum absolute atomic E-state index is 0.134. The average molecular weight is 228 g/mol. The Morgan fingerprint density at radius 1 is 1.44 bits per heavy atom. The number of carbonyl (C=O) groups is 2. The van der Waals surface area contributed by atoms with Gasteiger partial charge in [0.2, 0.25) is 5.91 Å². The van der Waals surface area contributed by atoms with Crippen molar-refractivity contribution in [1.82, 2.24) is 5.32 Å². The molecule has 1 saturated carbocycles. The lowest BCUT2D eigenvalue weighted by atomic mass is 9.95. The van der Waals surface area contributed by atoms with Gasteiger partial charge in [-0.1, -0.05) is 13.8 Å². The van der Waals surface area contributed by atoms with E-state index in [-0.39, 0.29) is 24.3 Å². The maximum Gasteiger partial charge on any atom is 0.311 e. The Hall–Kier alpha value is -1.10. The van der Waals surface area contributed by atoms with Crippen molar-refractivity contribution < 1.29 is 14.7 Å². The summed E-state index contributed by atoms with van der Waals surface area (Å²) in [5.74, 6) is -1.01. The van der Waals surface area contributed by atoms with E-state index in [0.717, 1.165) is 0 Å². The number of nitrogens with two attached hydrogens (primary N) is 1. The Balaban J connectivity index is 2.43. The second kappa shape index (κ2) is 4.82. The van der Waals surface area contributed by atoms with Crippen LogP contribution in [0.4, 0.5) is 0 Å². The lowest BCUT2D eigenvalue weighted by Crippen LogP contribution is -2.41. The molecule has 1 aliphatic rings. The van der Waals surface area contributed by atoms with Crippen LogP contribution in [0.5, 0.6) is 0 Å². The van der Waals surface area contributed by atoms with E-state index >= 15 is 0 Å². The smallest absolute Gasteiger partial charge is 0.311 e. The van der Waals surface area contributed by atoms with Crippen molar-refractivity contribution in [2.75, 3.05) is 13.1 Å². The first-order valence-corrected chi connectivity index (χ1v) is 5.64. The van der Waals surface area contributed by atoms with Gasteiger partial charge in [0, 0.05) is 13.1 Å². The van der Waals surface area contributed by atoms with Gasteiger partial charge in [0.25, 0.3) is 0 Å². The molecular weight excluding hydrogens is 208 g/mol. The van der Waals surface area contributed by atoms with Gasteiger partial charge in [-0.25, -0.2) is 0 Å². The first-order valence-electron chi connectivity index (χ1n) is 5.64. The third-order valence-corrected chi connectivity index (χ3v) is 3.30. The van der Waals surface area contributed by atoms with Crippen LogP contribution in [-0.4, -0.2) is 30.1 Å². The monoisotopic (exact) mass is 228 g/mol. The third-order valence-electron chi connectivity index (χ3n) is 3.30. The largest absolute Gasteiger partial charge is 0.481 e. The molecule has 1 rings (SSSR count). The second-order valence-electron chi connectivity index (χ2n) is 4.89. The maximum absolute atomic E-state index is 11.7. The Bertz CT molecular complexity index is 285. The van der Waals surface area contributed by atoms with E-state index in [1.54, 1.807) is 0 Å². The number of carboxylic acids is 1. The molecule has 5 nitrogen and oxygen atoms in total. The van der Waals surface area contributed by atoms with Crippen LogP contribution >= 0.6 is 0 Å². The summed E-state index contributed by atoms with van der Waals surface area (Å²) in [6.07, 6.45) is 1.30. The molecule has 0 saturated heterocycles. The standard InChI is InChI=1S/C11H20N2O3/c1-7(2)8(5-12)9(14)13-6-11(3-4-11)10(15)16/h7-8H,3-6,12H2,1-2H3,(H,13,14)(H,15,16). The van der Waals surface area contributed by atoms with Crippen molar-refractivity contribution in [2.24, 2.45) is 23.0 Å². The van der Waals surface area contributed by atoms with E-state index in [0.29, 0.717) is 19.4 Å². The van der Waals surface area contributed by atoms with Crippen LogP contribution in [-0.2, 0) is 9.59 Å². The van der Waals surface area contributed by atoms with Crippen LogP contribution in [0.25, 0.3) is 0 Å². The lowest BCUT2D eigenvalue weighted by molar-refractivity contribution is -0.143. The van der Waals surface area contributed by atoms with E-state index in [9.17, 15) is 9.59 Å². The van der Waals surface area contributed by atoms with Crippen molar-refractivity contribution >= 4 is 11.9 Å². The van der Waals surface area contributed by atoms with Gasteiger partial charge in [-0.2, -0.15) is 0 Å². The fraction of sp³-hybridized carbons (Fsp3) is 0.818.